The molecule has 1 amide bonds. The van der Waals surface area contributed by atoms with E-state index in [1.807, 2.05) is 0 Å². The second-order valence-corrected chi connectivity index (χ2v) is 4.31. The van der Waals surface area contributed by atoms with Crippen LogP contribution in [0.4, 0.5) is 14.5 Å². The predicted octanol–water partition coefficient (Wildman–Crippen LogP) is 2.39. The highest BCUT2D eigenvalue weighted by Crippen LogP contribution is 2.24. The van der Waals surface area contributed by atoms with Crippen LogP contribution in [0, 0.1) is 12.8 Å². The summed E-state index contributed by atoms with van der Waals surface area (Å²) in [6.07, 6.45) is 0. The minimum absolute atomic E-state index is 0.0640. The van der Waals surface area contributed by atoms with E-state index in [2.05, 4.69) is 15.4 Å². The van der Waals surface area contributed by atoms with Crippen molar-refractivity contribution in [2.75, 3.05) is 18.9 Å². The molecule has 6 heteroatoms. The maximum atomic E-state index is 12.2. The van der Waals surface area contributed by atoms with Crippen molar-refractivity contribution in [2.45, 2.75) is 20.5 Å². The Morgan fingerprint density at radius 3 is 2.68 bits per heavy atom. The zero-order valence-corrected chi connectivity index (χ0v) is 11.2. The molecule has 0 spiro atoms. The Labute approximate surface area is 111 Å². The zero-order chi connectivity index (χ0) is 14.4. The van der Waals surface area contributed by atoms with Crippen molar-refractivity contribution in [1.29, 1.82) is 0 Å². The van der Waals surface area contributed by atoms with Crippen LogP contribution in [0.3, 0.4) is 0 Å². The molecule has 0 radical (unpaired) electrons. The molecule has 106 valence electrons. The number of carbonyl (C=O) groups excluding carboxylic acids is 1. The van der Waals surface area contributed by atoms with Crippen molar-refractivity contribution in [2.24, 2.45) is 5.92 Å². The van der Waals surface area contributed by atoms with Gasteiger partial charge < -0.3 is 15.4 Å². The maximum Gasteiger partial charge on any atom is 0.387 e. The summed E-state index contributed by atoms with van der Waals surface area (Å²) in [5.74, 6) is -0.332. The molecular weight excluding hydrogens is 254 g/mol. The Balaban J connectivity index is 2.76. The summed E-state index contributed by atoms with van der Waals surface area (Å²) in [7, 11) is 1.75. The number of amides is 1. The van der Waals surface area contributed by atoms with Crippen LogP contribution >= 0.6 is 0 Å². The monoisotopic (exact) mass is 272 g/mol. The van der Waals surface area contributed by atoms with Gasteiger partial charge in [-0.3, -0.25) is 4.79 Å². The molecule has 0 heterocycles. The van der Waals surface area contributed by atoms with Crippen molar-refractivity contribution < 1.29 is 18.3 Å². The van der Waals surface area contributed by atoms with E-state index in [-0.39, 0.29) is 17.6 Å². The first kappa shape index (κ1) is 15.4. The third-order valence-corrected chi connectivity index (χ3v) is 2.63. The molecule has 2 N–H and O–H groups in total. The van der Waals surface area contributed by atoms with Crippen LogP contribution in [0.5, 0.6) is 5.75 Å². The van der Waals surface area contributed by atoms with Crippen molar-refractivity contribution in [1.82, 2.24) is 5.32 Å². The molecule has 1 atom stereocenters. The van der Waals surface area contributed by atoms with Gasteiger partial charge in [-0.2, -0.15) is 8.78 Å². The highest BCUT2D eigenvalue weighted by Gasteiger charge is 2.13. The molecule has 0 aliphatic heterocycles. The predicted molar refractivity (Wildman–Crippen MR) is 69.5 cm³/mol. The van der Waals surface area contributed by atoms with E-state index in [0.717, 1.165) is 0 Å². The van der Waals surface area contributed by atoms with Gasteiger partial charge in [-0.25, -0.2) is 0 Å². The van der Waals surface area contributed by atoms with Gasteiger partial charge in [-0.1, -0.05) is 13.0 Å². The summed E-state index contributed by atoms with van der Waals surface area (Å²) in [4.78, 5) is 11.8. The smallest absolute Gasteiger partial charge is 0.387 e. The Morgan fingerprint density at radius 1 is 1.42 bits per heavy atom. The molecule has 0 bridgehead atoms. The largest absolute Gasteiger partial charge is 0.434 e. The lowest BCUT2D eigenvalue weighted by atomic mass is 10.1. The Kier molecular flexibility index (Phi) is 5.69. The fraction of sp³-hybridized carbons (Fsp3) is 0.462. The molecule has 0 saturated carbocycles. The molecule has 19 heavy (non-hydrogen) atoms. The fourth-order valence-electron chi connectivity index (χ4n) is 1.57. The van der Waals surface area contributed by atoms with Gasteiger partial charge in [0.15, 0.2) is 0 Å². The Bertz CT molecular complexity index is 439. The van der Waals surface area contributed by atoms with Gasteiger partial charge in [0, 0.05) is 24.2 Å². The first-order valence-corrected chi connectivity index (χ1v) is 5.95. The van der Waals surface area contributed by atoms with Crippen molar-refractivity contribution in [3.63, 3.8) is 0 Å². The third kappa shape index (κ3) is 4.82. The fourth-order valence-corrected chi connectivity index (χ4v) is 1.57. The average molecular weight is 272 g/mol. The molecule has 4 nitrogen and oxygen atoms in total. The summed E-state index contributed by atoms with van der Waals surface area (Å²) in [5, 5.41) is 5.56. The summed E-state index contributed by atoms with van der Waals surface area (Å²) in [6.45, 7) is 1.09. The molecule has 0 saturated heterocycles. The lowest BCUT2D eigenvalue weighted by molar-refractivity contribution is -0.119. The van der Waals surface area contributed by atoms with Crippen molar-refractivity contribution >= 4 is 11.6 Å². The first-order valence-electron chi connectivity index (χ1n) is 5.95. The van der Waals surface area contributed by atoms with E-state index in [4.69, 9.17) is 0 Å². The van der Waals surface area contributed by atoms with Crippen molar-refractivity contribution in [3.05, 3.63) is 23.8 Å². The van der Waals surface area contributed by atoms with Gasteiger partial charge in [0.05, 0.1) is 0 Å². The van der Waals surface area contributed by atoms with E-state index in [0.29, 0.717) is 17.8 Å². The topological polar surface area (TPSA) is 50.4 Å². The number of hydrogen-bond acceptors (Lipinski definition) is 3. The lowest BCUT2D eigenvalue weighted by Gasteiger charge is -2.13. The van der Waals surface area contributed by atoms with E-state index >= 15 is 0 Å². The molecule has 0 fully saturated rings. The van der Waals surface area contributed by atoms with Crippen LogP contribution in [-0.4, -0.2) is 26.1 Å². The van der Waals surface area contributed by atoms with Crippen molar-refractivity contribution in [3.8, 4) is 5.75 Å². The highest BCUT2D eigenvalue weighted by atomic mass is 19.3. The SMILES string of the molecule is CNCC(C)C(=O)Nc1ccc(C)c(OC(F)F)c1. The molecule has 0 aliphatic carbocycles. The van der Waals surface area contributed by atoms with Gasteiger partial charge in [-0.15, -0.1) is 0 Å². The van der Waals surface area contributed by atoms with E-state index in [1.165, 1.54) is 6.07 Å². The Morgan fingerprint density at radius 2 is 2.11 bits per heavy atom. The van der Waals surface area contributed by atoms with Crippen LogP contribution in [0.15, 0.2) is 18.2 Å². The average Bonchev–Trinajstić information content (AvgIpc) is 2.33. The van der Waals surface area contributed by atoms with Gasteiger partial charge in [0.2, 0.25) is 5.91 Å². The van der Waals surface area contributed by atoms with E-state index < -0.39 is 6.61 Å². The number of benzene rings is 1. The standard InChI is InChI=1S/C13H18F2N2O2/c1-8-4-5-10(6-11(8)19-13(14)15)17-12(18)9(2)7-16-3/h4-6,9,13,16H,7H2,1-3H3,(H,17,18). The molecule has 1 aromatic carbocycles. The second kappa shape index (κ2) is 7.04. The number of aryl methyl sites for hydroxylation is 1. The zero-order valence-electron chi connectivity index (χ0n) is 11.2. The third-order valence-electron chi connectivity index (χ3n) is 2.63. The quantitative estimate of drug-likeness (QED) is 0.836. The lowest BCUT2D eigenvalue weighted by Crippen LogP contribution is -2.28. The number of ether oxygens (including phenoxy) is 1. The van der Waals surface area contributed by atoms with Gasteiger partial charge in [0.1, 0.15) is 5.75 Å². The summed E-state index contributed by atoms with van der Waals surface area (Å²) in [6, 6.07) is 4.67. The minimum atomic E-state index is -2.88. The number of alkyl halides is 2. The first-order chi connectivity index (χ1) is 8.93. The van der Waals surface area contributed by atoms with Gasteiger partial charge >= 0.3 is 6.61 Å². The Hall–Kier alpha value is -1.69. The van der Waals surface area contributed by atoms with Crippen LogP contribution < -0.4 is 15.4 Å². The van der Waals surface area contributed by atoms with Crippen LogP contribution in [-0.2, 0) is 4.79 Å². The minimum Gasteiger partial charge on any atom is -0.434 e. The highest BCUT2D eigenvalue weighted by molar-refractivity contribution is 5.92. The van der Waals surface area contributed by atoms with E-state index in [1.54, 1.807) is 33.0 Å². The summed E-state index contributed by atoms with van der Waals surface area (Å²) in [5.41, 5.74) is 1.02. The normalized spacial score (nSPS) is 12.3. The maximum absolute atomic E-state index is 12.2. The van der Waals surface area contributed by atoms with Gasteiger partial charge in [-0.05, 0) is 25.6 Å². The molecule has 1 rings (SSSR count). The number of anilines is 1. The molecular formula is C13H18F2N2O2. The van der Waals surface area contributed by atoms with Crippen LogP contribution in [0.1, 0.15) is 12.5 Å². The molecule has 0 aliphatic rings. The number of hydrogen-bond donors (Lipinski definition) is 2. The van der Waals surface area contributed by atoms with Crippen LogP contribution in [0.2, 0.25) is 0 Å². The molecule has 0 aromatic heterocycles. The number of halogens is 2. The second-order valence-electron chi connectivity index (χ2n) is 4.31. The number of carbonyl (C=O) groups is 1. The number of nitrogens with one attached hydrogen (secondary N) is 2. The summed E-state index contributed by atoms with van der Waals surface area (Å²) >= 11 is 0. The molecule has 1 unspecified atom stereocenters. The summed E-state index contributed by atoms with van der Waals surface area (Å²) < 4.78 is 28.8. The van der Waals surface area contributed by atoms with Gasteiger partial charge in [0.25, 0.3) is 0 Å². The molecule has 1 aromatic rings. The number of rotatable bonds is 6. The van der Waals surface area contributed by atoms with E-state index in [9.17, 15) is 13.6 Å². The van der Waals surface area contributed by atoms with Crippen LogP contribution in [0.25, 0.3) is 0 Å².